The maximum atomic E-state index is 12.4. The van der Waals surface area contributed by atoms with Crippen molar-refractivity contribution < 1.29 is 9.59 Å². The van der Waals surface area contributed by atoms with E-state index in [1.54, 1.807) is 0 Å². The van der Waals surface area contributed by atoms with Gasteiger partial charge in [0.15, 0.2) is 5.13 Å². The Bertz CT molecular complexity index is 838. The summed E-state index contributed by atoms with van der Waals surface area (Å²) in [6.07, 6.45) is 11.2. The van der Waals surface area contributed by atoms with E-state index < -0.39 is 0 Å². The van der Waals surface area contributed by atoms with Crippen LogP contribution in [0.25, 0.3) is 10.2 Å². The summed E-state index contributed by atoms with van der Waals surface area (Å²) >= 11 is 1.47. The van der Waals surface area contributed by atoms with Gasteiger partial charge in [-0.25, -0.2) is 9.78 Å². The number of urea groups is 1. The van der Waals surface area contributed by atoms with E-state index in [4.69, 9.17) is 0 Å². The number of hydrogen-bond donors (Lipinski definition) is 3. The van der Waals surface area contributed by atoms with Crippen molar-refractivity contribution in [1.82, 2.24) is 10.3 Å². The standard InChI is InChI=1S/C21H28N4O2S/c26-19(14-7-3-1-4-8-14)25-21-24-17-13-16(11-12-18(17)28-21)23-20(27)22-15-9-5-2-6-10-15/h11-15H,1-10H2,(H2,22,23,27)(H,24,25,26). The molecule has 2 aliphatic rings. The van der Waals surface area contributed by atoms with Crippen molar-refractivity contribution >= 4 is 44.3 Å². The molecule has 0 saturated heterocycles. The Labute approximate surface area is 169 Å². The molecule has 1 aromatic carbocycles. The highest BCUT2D eigenvalue weighted by Gasteiger charge is 2.22. The molecule has 6 nitrogen and oxygen atoms in total. The molecule has 2 aromatic rings. The largest absolute Gasteiger partial charge is 0.335 e. The fourth-order valence-corrected chi connectivity index (χ4v) is 5.08. The van der Waals surface area contributed by atoms with Gasteiger partial charge in [-0.15, -0.1) is 0 Å². The number of rotatable bonds is 4. The molecule has 2 fully saturated rings. The molecule has 3 N–H and O–H groups in total. The van der Waals surface area contributed by atoms with Gasteiger partial charge in [0, 0.05) is 17.6 Å². The fraction of sp³-hybridized carbons (Fsp3) is 0.571. The Balaban J connectivity index is 1.37. The first-order valence-electron chi connectivity index (χ1n) is 10.5. The topological polar surface area (TPSA) is 83.1 Å². The summed E-state index contributed by atoms with van der Waals surface area (Å²) in [5.74, 6) is 0.199. The van der Waals surface area contributed by atoms with E-state index in [1.807, 2.05) is 18.2 Å². The van der Waals surface area contributed by atoms with Gasteiger partial charge in [-0.05, 0) is 43.9 Å². The Hall–Kier alpha value is -2.15. The second-order valence-electron chi connectivity index (χ2n) is 7.96. The average molecular weight is 401 g/mol. The summed E-state index contributed by atoms with van der Waals surface area (Å²) in [4.78, 5) is 29.2. The molecule has 0 spiro atoms. The normalized spacial score (nSPS) is 18.7. The van der Waals surface area contributed by atoms with Crippen molar-refractivity contribution in [3.05, 3.63) is 18.2 Å². The van der Waals surface area contributed by atoms with E-state index in [1.165, 1.54) is 37.0 Å². The zero-order valence-corrected chi connectivity index (χ0v) is 16.9. The van der Waals surface area contributed by atoms with Crippen LogP contribution in [-0.4, -0.2) is 23.0 Å². The maximum absolute atomic E-state index is 12.4. The summed E-state index contributed by atoms with van der Waals surface area (Å²) in [7, 11) is 0. The van der Waals surface area contributed by atoms with Crippen molar-refractivity contribution in [2.75, 3.05) is 10.6 Å². The maximum Gasteiger partial charge on any atom is 0.319 e. The quantitative estimate of drug-likeness (QED) is 0.654. The molecule has 7 heteroatoms. The van der Waals surface area contributed by atoms with Gasteiger partial charge in [-0.1, -0.05) is 49.9 Å². The number of nitrogens with one attached hydrogen (secondary N) is 3. The molecular formula is C21H28N4O2S. The van der Waals surface area contributed by atoms with Gasteiger partial charge in [0.1, 0.15) is 0 Å². The van der Waals surface area contributed by atoms with Gasteiger partial charge in [-0.3, -0.25) is 4.79 Å². The van der Waals surface area contributed by atoms with Gasteiger partial charge in [0.05, 0.1) is 10.2 Å². The van der Waals surface area contributed by atoms with E-state index in [0.717, 1.165) is 54.4 Å². The van der Waals surface area contributed by atoms with Crippen LogP contribution >= 0.6 is 11.3 Å². The minimum atomic E-state index is -0.160. The van der Waals surface area contributed by atoms with Gasteiger partial charge < -0.3 is 16.0 Å². The van der Waals surface area contributed by atoms with Gasteiger partial charge >= 0.3 is 6.03 Å². The molecule has 0 aliphatic heterocycles. The lowest BCUT2D eigenvalue weighted by Gasteiger charge is -2.22. The monoisotopic (exact) mass is 400 g/mol. The predicted octanol–water partition coefficient (Wildman–Crippen LogP) is 5.27. The Morgan fingerprint density at radius 1 is 0.929 bits per heavy atom. The van der Waals surface area contributed by atoms with Crippen LogP contribution in [-0.2, 0) is 4.79 Å². The lowest BCUT2D eigenvalue weighted by molar-refractivity contribution is -0.120. The first kappa shape index (κ1) is 19.2. The van der Waals surface area contributed by atoms with E-state index in [2.05, 4.69) is 20.9 Å². The number of benzene rings is 1. The fourth-order valence-electron chi connectivity index (χ4n) is 4.23. The van der Waals surface area contributed by atoms with E-state index in [9.17, 15) is 9.59 Å². The summed E-state index contributed by atoms with van der Waals surface area (Å²) in [6, 6.07) is 5.81. The number of amides is 3. The van der Waals surface area contributed by atoms with Crippen molar-refractivity contribution in [3.8, 4) is 0 Å². The molecule has 150 valence electrons. The van der Waals surface area contributed by atoms with Crippen LogP contribution in [0.4, 0.5) is 15.6 Å². The molecule has 0 bridgehead atoms. The van der Waals surface area contributed by atoms with Crippen LogP contribution in [0.5, 0.6) is 0 Å². The van der Waals surface area contributed by atoms with Crippen LogP contribution in [0.3, 0.4) is 0 Å². The molecular weight excluding hydrogens is 372 g/mol. The van der Waals surface area contributed by atoms with E-state index in [-0.39, 0.29) is 23.9 Å². The molecule has 2 saturated carbocycles. The third kappa shape index (κ3) is 4.82. The number of anilines is 2. The SMILES string of the molecule is O=C(Nc1ccc2sc(NC(=O)C3CCCCC3)nc2c1)NC1CCCCC1. The first-order chi connectivity index (χ1) is 13.7. The van der Waals surface area contributed by atoms with Crippen LogP contribution < -0.4 is 16.0 Å². The number of hydrogen-bond acceptors (Lipinski definition) is 4. The number of aromatic nitrogens is 1. The lowest BCUT2D eigenvalue weighted by Crippen LogP contribution is -2.38. The lowest BCUT2D eigenvalue weighted by atomic mass is 9.89. The Morgan fingerprint density at radius 3 is 2.39 bits per heavy atom. The first-order valence-corrected chi connectivity index (χ1v) is 11.3. The minimum absolute atomic E-state index is 0.0870. The number of thiazole rings is 1. The van der Waals surface area contributed by atoms with Gasteiger partial charge in [-0.2, -0.15) is 0 Å². The highest BCUT2D eigenvalue weighted by molar-refractivity contribution is 7.22. The molecule has 1 heterocycles. The predicted molar refractivity (Wildman–Crippen MR) is 114 cm³/mol. The highest BCUT2D eigenvalue weighted by atomic mass is 32.1. The number of fused-ring (bicyclic) bond motifs is 1. The molecule has 4 rings (SSSR count). The molecule has 0 unspecified atom stereocenters. The van der Waals surface area contributed by atoms with Crippen molar-refractivity contribution in [2.45, 2.75) is 70.3 Å². The molecule has 1 aromatic heterocycles. The van der Waals surface area contributed by atoms with Crippen molar-refractivity contribution in [3.63, 3.8) is 0 Å². The zero-order valence-electron chi connectivity index (χ0n) is 16.1. The summed E-state index contributed by atoms with van der Waals surface area (Å²) in [5.41, 5.74) is 1.51. The highest BCUT2D eigenvalue weighted by Crippen LogP contribution is 2.30. The summed E-state index contributed by atoms with van der Waals surface area (Å²) in [5, 5.41) is 9.59. The molecule has 0 atom stereocenters. The van der Waals surface area contributed by atoms with Crippen LogP contribution in [0, 0.1) is 5.92 Å². The van der Waals surface area contributed by atoms with E-state index in [0.29, 0.717) is 5.13 Å². The van der Waals surface area contributed by atoms with Crippen LogP contribution in [0.1, 0.15) is 64.2 Å². The van der Waals surface area contributed by atoms with Gasteiger partial charge in [0.25, 0.3) is 0 Å². The minimum Gasteiger partial charge on any atom is -0.335 e. The summed E-state index contributed by atoms with van der Waals surface area (Å²) < 4.78 is 0.997. The second-order valence-corrected chi connectivity index (χ2v) is 8.99. The zero-order chi connectivity index (χ0) is 19.3. The van der Waals surface area contributed by atoms with Gasteiger partial charge in [0.2, 0.25) is 5.91 Å². The Morgan fingerprint density at radius 2 is 1.64 bits per heavy atom. The smallest absolute Gasteiger partial charge is 0.319 e. The number of carbonyl (C=O) groups is 2. The van der Waals surface area contributed by atoms with Crippen molar-refractivity contribution in [2.24, 2.45) is 5.92 Å². The number of carbonyl (C=O) groups excluding carboxylic acids is 2. The molecule has 3 amide bonds. The molecule has 28 heavy (non-hydrogen) atoms. The summed E-state index contributed by atoms with van der Waals surface area (Å²) in [6.45, 7) is 0. The third-order valence-corrected chi connectivity index (χ3v) is 6.74. The second kappa shape index (κ2) is 8.90. The van der Waals surface area contributed by atoms with Crippen LogP contribution in [0.15, 0.2) is 18.2 Å². The average Bonchev–Trinajstić information content (AvgIpc) is 3.10. The third-order valence-electron chi connectivity index (χ3n) is 5.79. The van der Waals surface area contributed by atoms with E-state index >= 15 is 0 Å². The van der Waals surface area contributed by atoms with Crippen LogP contribution in [0.2, 0.25) is 0 Å². The van der Waals surface area contributed by atoms with Crippen molar-refractivity contribution in [1.29, 1.82) is 0 Å². The molecule has 2 aliphatic carbocycles. The molecule has 0 radical (unpaired) electrons. The Kier molecular flexibility index (Phi) is 6.10. The number of nitrogens with zero attached hydrogens (tertiary/aromatic N) is 1.